The Morgan fingerprint density at radius 1 is 1.31 bits per heavy atom. The molecule has 4 aromatic rings. The van der Waals surface area contributed by atoms with Crippen LogP contribution in [0.25, 0.3) is 22.6 Å². The van der Waals surface area contributed by atoms with Crippen molar-refractivity contribution >= 4 is 28.5 Å². The van der Waals surface area contributed by atoms with Gasteiger partial charge in [0.25, 0.3) is 5.56 Å². The first-order valence-electron chi connectivity index (χ1n) is 10.2. The summed E-state index contributed by atoms with van der Waals surface area (Å²) in [5.41, 5.74) is 0.384. The second kappa shape index (κ2) is 9.30. The topological polar surface area (TPSA) is 138 Å². The molecular formula is C20H22N6O5S. The molecule has 0 radical (unpaired) electrons. The second-order valence-corrected chi connectivity index (χ2v) is 7.99. The summed E-state index contributed by atoms with van der Waals surface area (Å²) in [4.78, 5) is 47.7. The number of H-pyrrole nitrogens is 1. The van der Waals surface area contributed by atoms with Gasteiger partial charge in [0.1, 0.15) is 12.4 Å². The van der Waals surface area contributed by atoms with Crippen molar-refractivity contribution in [3.63, 3.8) is 0 Å². The highest BCUT2D eigenvalue weighted by Gasteiger charge is 2.18. The van der Waals surface area contributed by atoms with Crippen LogP contribution in [0.15, 0.2) is 30.9 Å². The van der Waals surface area contributed by atoms with E-state index in [1.807, 2.05) is 23.8 Å². The van der Waals surface area contributed by atoms with Crippen molar-refractivity contribution in [3.05, 3.63) is 49.4 Å². The maximum atomic E-state index is 12.3. The van der Waals surface area contributed by atoms with Crippen molar-refractivity contribution in [2.45, 2.75) is 45.8 Å². The first-order chi connectivity index (χ1) is 15.5. The molecule has 0 amide bonds. The standard InChI is InChI=1S/C20H22N6O5S/c1-3-4-8-26-18-16(19(28)23-20(26)29)25(2)13(21-18)10-30-15(27)6-5-14-22-17(24-31-14)12-7-9-32-11-12/h7,9,11H,3-6,8,10H2,1-2H3,(H,23,28,29). The van der Waals surface area contributed by atoms with Crippen LogP contribution in [0.5, 0.6) is 0 Å². The lowest BCUT2D eigenvalue weighted by atomic mass is 10.3. The fraction of sp³-hybridized carbons (Fsp3) is 0.400. The van der Waals surface area contributed by atoms with Gasteiger partial charge in [-0.2, -0.15) is 16.3 Å². The number of fused-ring (bicyclic) bond motifs is 1. The Labute approximate surface area is 185 Å². The summed E-state index contributed by atoms with van der Waals surface area (Å²) in [5, 5.41) is 7.73. The van der Waals surface area contributed by atoms with E-state index in [0.29, 0.717) is 24.1 Å². The maximum Gasteiger partial charge on any atom is 0.330 e. The van der Waals surface area contributed by atoms with Crippen molar-refractivity contribution in [2.24, 2.45) is 7.05 Å². The highest BCUT2D eigenvalue weighted by molar-refractivity contribution is 7.08. The second-order valence-electron chi connectivity index (χ2n) is 7.21. The number of carbonyl (C=O) groups excluding carboxylic acids is 1. The molecule has 1 N–H and O–H groups in total. The first kappa shape index (κ1) is 21.7. The molecule has 0 aromatic carbocycles. The molecule has 12 heteroatoms. The predicted octanol–water partition coefficient (Wildman–Crippen LogP) is 2.01. The summed E-state index contributed by atoms with van der Waals surface area (Å²) < 4.78 is 13.5. The summed E-state index contributed by atoms with van der Waals surface area (Å²) >= 11 is 1.53. The molecule has 0 spiro atoms. The Hall–Kier alpha value is -3.54. The molecule has 11 nitrogen and oxygen atoms in total. The van der Waals surface area contributed by atoms with Crippen LogP contribution < -0.4 is 11.2 Å². The van der Waals surface area contributed by atoms with E-state index < -0.39 is 17.2 Å². The lowest BCUT2D eigenvalue weighted by molar-refractivity contribution is -0.145. The van der Waals surface area contributed by atoms with E-state index >= 15 is 0 Å². The monoisotopic (exact) mass is 458 g/mol. The van der Waals surface area contributed by atoms with Crippen LogP contribution >= 0.6 is 11.3 Å². The van der Waals surface area contributed by atoms with Gasteiger partial charge in [0.15, 0.2) is 11.2 Å². The van der Waals surface area contributed by atoms with Gasteiger partial charge in [-0.05, 0) is 17.9 Å². The number of hydrogen-bond donors (Lipinski definition) is 1. The number of ether oxygens (including phenoxy) is 1. The van der Waals surface area contributed by atoms with E-state index in [1.165, 1.54) is 20.5 Å². The number of rotatable bonds is 9. The number of aryl methyl sites for hydroxylation is 3. The van der Waals surface area contributed by atoms with Gasteiger partial charge in [-0.25, -0.2) is 9.78 Å². The highest BCUT2D eigenvalue weighted by atomic mass is 32.1. The van der Waals surface area contributed by atoms with E-state index in [9.17, 15) is 14.4 Å². The first-order valence-corrected chi connectivity index (χ1v) is 11.1. The predicted molar refractivity (Wildman–Crippen MR) is 116 cm³/mol. The fourth-order valence-electron chi connectivity index (χ4n) is 3.24. The number of hydrogen-bond acceptors (Lipinski definition) is 9. The lowest BCUT2D eigenvalue weighted by Gasteiger charge is -2.04. The normalized spacial score (nSPS) is 11.3. The van der Waals surface area contributed by atoms with E-state index in [4.69, 9.17) is 9.26 Å². The van der Waals surface area contributed by atoms with Gasteiger partial charge in [-0.15, -0.1) is 0 Å². The summed E-state index contributed by atoms with van der Waals surface area (Å²) in [6, 6.07) is 1.89. The number of aromatic nitrogens is 6. The van der Waals surface area contributed by atoms with Gasteiger partial charge < -0.3 is 13.8 Å². The Bertz CT molecular complexity index is 1350. The average Bonchev–Trinajstić information content (AvgIpc) is 3.51. The van der Waals surface area contributed by atoms with Crippen LogP contribution in [0.1, 0.15) is 37.9 Å². The molecule has 0 saturated heterocycles. The summed E-state index contributed by atoms with van der Waals surface area (Å²) in [7, 11) is 1.65. The maximum absolute atomic E-state index is 12.3. The molecule has 4 heterocycles. The number of unbranched alkanes of at least 4 members (excludes halogenated alkanes) is 1. The number of thiophene rings is 1. The molecule has 0 atom stereocenters. The van der Waals surface area contributed by atoms with Gasteiger partial charge in [0, 0.05) is 31.0 Å². The molecule has 0 aliphatic rings. The van der Waals surface area contributed by atoms with Crippen molar-refractivity contribution < 1.29 is 14.1 Å². The largest absolute Gasteiger partial charge is 0.457 e. The van der Waals surface area contributed by atoms with E-state index in [1.54, 1.807) is 7.05 Å². The Kier molecular flexibility index (Phi) is 6.30. The Balaban J connectivity index is 1.42. The fourth-order valence-corrected chi connectivity index (χ4v) is 3.87. The lowest BCUT2D eigenvalue weighted by Crippen LogP contribution is -2.31. The quantitative estimate of drug-likeness (QED) is 0.376. The molecular weight excluding hydrogens is 436 g/mol. The molecule has 168 valence electrons. The van der Waals surface area contributed by atoms with Crippen molar-refractivity contribution in [1.82, 2.24) is 29.2 Å². The van der Waals surface area contributed by atoms with Crippen LogP contribution in [-0.4, -0.2) is 35.2 Å². The zero-order valence-corrected chi connectivity index (χ0v) is 18.5. The number of nitrogens with zero attached hydrogens (tertiary/aromatic N) is 5. The average molecular weight is 459 g/mol. The molecule has 4 rings (SSSR count). The van der Waals surface area contributed by atoms with Crippen LogP contribution in [0, 0.1) is 0 Å². The third kappa shape index (κ3) is 4.40. The number of esters is 1. The highest BCUT2D eigenvalue weighted by Crippen LogP contribution is 2.19. The van der Waals surface area contributed by atoms with Crippen LogP contribution in [0.4, 0.5) is 0 Å². The molecule has 0 bridgehead atoms. The molecule has 0 unspecified atom stereocenters. The van der Waals surface area contributed by atoms with E-state index in [2.05, 4.69) is 20.1 Å². The minimum Gasteiger partial charge on any atom is -0.457 e. The van der Waals surface area contributed by atoms with Crippen molar-refractivity contribution in [3.8, 4) is 11.4 Å². The summed E-state index contributed by atoms with van der Waals surface area (Å²) in [6.45, 7) is 2.32. The molecule has 0 aliphatic heterocycles. The molecule has 0 aliphatic carbocycles. The molecule has 0 saturated carbocycles. The minimum atomic E-state index is -0.525. The van der Waals surface area contributed by atoms with Gasteiger partial charge in [0.05, 0.1) is 6.42 Å². The SMILES string of the molecule is CCCCn1c(=O)[nH]c(=O)c2c1nc(COC(=O)CCc1nc(-c3ccsc3)no1)n2C. The van der Waals surface area contributed by atoms with Crippen molar-refractivity contribution in [2.75, 3.05) is 0 Å². The Morgan fingerprint density at radius 2 is 2.16 bits per heavy atom. The van der Waals surface area contributed by atoms with E-state index in [0.717, 1.165) is 18.4 Å². The van der Waals surface area contributed by atoms with Gasteiger partial charge >= 0.3 is 11.7 Å². The molecule has 4 aromatic heterocycles. The Morgan fingerprint density at radius 3 is 2.91 bits per heavy atom. The summed E-state index contributed by atoms with van der Waals surface area (Å²) in [6.07, 6.45) is 1.96. The molecule has 32 heavy (non-hydrogen) atoms. The number of imidazole rings is 1. The van der Waals surface area contributed by atoms with Crippen molar-refractivity contribution in [1.29, 1.82) is 0 Å². The molecule has 0 fully saturated rings. The third-order valence-electron chi connectivity index (χ3n) is 4.99. The number of aromatic amines is 1. The number of carbonyl (C=O) groups is 1. The zero-order valence-electron chi connectivity index (χ0n) is 17.7. The van der Waals surface area contributed by atoms with Gasteiger partial charge in [0.2, 0.25) is 11.7 Å². The third-order valence-corrected chi connectivity index (χ3v) is 5.68. The van der Waals surface area contributed by atoms with Crippen LogP contribution in [-0.2, 0) is 36.2 Å². The van der Waals surface area contributed by atoms with Crippen LogP contribution in [0.2, 0.25) is 0 Å². The smallest absolute Gasteiger partial charge is 0.330 e. The summed E-state index contributed by atoms with van der Waals surface area (Å²) in [5.74, 6) is 0.725. The number of nitrogens with one attached hydrogen (secondary N) is 1. The zero-order chi connectivity index (χ0) is 22.7. The minimum absolute atomic E-state index is 0.0526. The van der Waals surface area contributed by atoms with Crippen LogP contribution in [0.3, 0.4) is 0 Å². The van der Waals surface area contributed by atoms with E-state index in [-0.39, 0.29) is 30.6 Å². The van der Waals surface area contributed by atoms with Gasteiger partial charge in [-0.1, -0.05) is 18.5 Å². The van der Waals surface area contributed by atoms with Gasteiger partial charge in [-0.3, -0.25) is 19.1 Å².